The fraction of sp³-hybridized carbons (Fsp3) is 0.205. The number of rotatable bonds is 7. The van der Waals surface area contributed by atoms with Gasteiger partial charge in [0.15, 0.2) is 0 Å². The first-order valence-electron chi connectivity index (χ1n) is 17.3. The molecule has 0 aliphatic carbocycles. The molecule has 8 rings (SSSR count). The summed E-state index contributed by atoms with van der Waals surface area (Å²) in [5.41, 5.74) is 10.1. The van der Waals surface area contributed by atoms with Crippen LogP contribution in [0.25, 0.3) is 55.7 Å². The van der Waals surface area contributed by atoms with Crippen molar-refractivity contribution in [3.63, 3.8) is 0 Å². The van der Waals surface area contributed by atoms with E-state index in [0.29, 0.717) is 11.6 Å². The maximum Gasteiger partial charge on any atom is 0.216 e. The van der Waals surface area contributed by atoms with Gasteiger partial charge in [-0.05, 0) is 36.8 Å². The molecule has 259 valence electrons. The van der Waals surface area contributed by atoms with E-state index in [2.05, 4.69) is 108 Å². The molecule has 0 fully saturated rings. The Morgan fingerprint density at radius 2 is 1.57 bits per heavy atom. The van der Waals surface area contributed by atoms with E-state index in [1.165, 1.54) is 11.1 Å². The largest absolute Gasteiger partial charge is 0.486 e. The van der Waals surface area contributed by atoms with Crippen LogP contribution < -0.4 is 4.40 Å². The van der Waals surface area contributed by atoms with E-state index in [-0.39, 0.29) is 20.1 Å². The Balaban J connectivity index is 0.000000188. The van der Waals surface area contributed by atoms with Crippen molar-refractivity contribution in [2.45, 2.75) is 51.0 Å². The molecular weight excluding hydrogens is 865 g/mol. The average molecular weight is 908 g/mol. The topological polar surface area (TPSA) is 56.7 Å². The Morgan fingerprint density at radius 1 is 0.804 bits per heavy atom. The fourth-order valence-corrected chi connectivity index (χ4v) is 9.89. The number of imidazole rings is 1. The van der Waals surface area contributed by atoms with Gasteiger partial charge in [0.1, 0.15) is 0 Å². The van der Waals surface area contributed by atoms with Gasteiger partial charge in [0, 0.05) is 37.7 Å². The Bertz CT molecular complexity index is 2410. The second-order valence-electron chi connectivity index (χ2n) is 14.3. The molecule has 1 radical (unpaired) electrons. The zero-order valence-corrected chi connectivity index (χ0v) is 34.5. The summed E-state index contributed by atoms with van der Waals surface area (Å²) in [5, 5.41) is 2.04. The standard InChI is InChI=1S/C26H18N3O.C18H24GeN.Ir/c1-17-14-15-20-19-10-7-11-21(24(19)30-26(20)27-17)25-28-22-12-5-6-13-23(22)29(25)16-18-8-3-2-4-9-18;1-14(2)11-16-12-18(15-9-7-6-8-10-15)20-13-17(16)19(3,4)5;/h2-10,12-15H,16H2,1H3;6-9,12-14H,11H2,1-5H3;/q2*-1;. The Hall–Kier alpha value is -4.36. The summed E-state index contributed by atoms with van der Waals surface area (Å²) in [4.78, 5) is 14.2. The van der Waals surface area contributed by atoms with E-state index in [9.17, 15) is 0 Å². The predicted octanol–water partition coefficient (Wildman–Crippen LogP) is 10.4. The predicted molar refractivity (Wildman–Crippen MR) is 209 cm³/mol. The van der Waals surface area contributed by atoms with Crippen molar-refractivity contribution in [3.8, 4) is 22.6 Å². The summed E-state index contributed by atoms with van der Waals surface area (Å²) in [6.07, 6.45) is 3.27. The molecule has 0 spiro atoms. The van der Waals surface area contributed by atoms with Crippen molar-refractivity contribution in [1.82, 2.24) is 19.5 Å². The van der Waals surface area contributed by atoms with Gasteiger partial charge in [-0.3, -0.25) is 4.98 Å². The van der Waals surface area contributed by atoms with E-state index < -0.39 is 13.3 Å². The second kappa shape index (κ2) is 15.5. The van der Waals surface area contributed by atoms with E-state index in [1.807, 2.05) is 67.6 Å². The van der Waals surface area contributed by atoms with E-state index >= 15 is 0 Å². The Kier molecular flexibility index (Phi) is 11.1. The van der Waals surface area contributed by atoms with E-state index in [4.69, 9.17) is 14.4 Å². The minimum atomic E-state index is -1.86. The summed E-state index contributed by atoms with van der Waals surface area (Å²) < 4.78 is 10.0. The number of pyridine rings is 2. The van der Waals surface area contributed by atoms with Crippen LogP contribution in [-0.2, 0) is 33.1 Å². The van der Waals surface area contributed by atoms with Crippen LogP contribution in [0.5, 0.6) is 0 Å². The molecule has 51 heavy (non-hydrogen) atoms. The minimum absolute atomic E-state index is 0. The van der Waals surface area contributed by atoms with Crippen LogP contribution in [0.15, 0.2) is 120 Å². The van der Waals surface area contributed by atoms with Crippen molar-refractivity contribution in [1.29, 1.82) is 0 Å². The van der Waals surface area contributed by atoms with E-state index in [0.717, 1.165) is 68.7 Å². The molecule has 4 aromatic heterocycles. The van der Waals surface area contributed by atoms with Gasteiger partial charge in [-0.1, -0.05) is 53.4 Å². The average Bonchev–Trinajstić information content (AvgIpc) is 3.66. The van der Waals surface area contributed by atoms with Crippen molar-refractivity contribution >= 4 is 50.8 Å². The number of aromatic nitrogens is 4. The fourth-order valence-electron chi connectivity index (χ4n) is 6.55. The maximum absolute atomic E-state index is 6.22. The summed E-state index contributed by atoms with van der Waals surface area (Å²) in [6.45, 7) is 7.26. The van der Waals surface area contributed by atoms with Crippen LogP contribution in [-0.4, -0.2) is 32.8 Å². The molecule has 4 heterocycles. The van der Waals surface area contributed by atoms with Gasteiger partial charge in [-0.15, -0.1) is 18.2 Å². The molecule has 8 aromatic rings. The number of fused-ring (bicyclic) bond motifs is 4. The second-order valence-corrected chi connectivity index (χ2v) is 24.9. The molecule has 0 unspecified atom stereocenters. The van der Waals surface area contributed by atoms with Crippen molar-refractivity contribution < 1.29 is 24.5 Å². The normalized spacial score (nSPS) is 11.5. The molecule has 0 saturated heterocycles. The summed E-state index contributed by atoms with van der Waals surface area (Å²) in [5.74, 6) is 8.84. The quantitative estimate of drug-likeness (QED) is 0.118. The SMILES string of the molecule is CC(C)Cc1cc(-c2[c-]cccc2)nc[c]1[Ge]([CH3])([CH3])[CH3].Cc1ccc2c(n1)oc1c(-c3nc4ccccc4n3Cc3ccccc3)[c-]ccc12.[Ir]. The van der Waals surface area contributed by atoms with Crippen LogP contribution in [0.1, 0.15) is 30.7 Å². The maximum atomic E-state index is 6.22. The first-order valence-corrected chi connectivity index (χ1v) is 24.7. The van der Waals surface area contributed by atoms with E-state index in [1.54, 1.807) is 4.40 Å². The van der Waals surface area contributed by atoms with Gasteiger partial charge in [0.05, 0.1) is 22.4 Å². The number of hydrogen-bond acceptors (Lipinski definition) is 4. The number of aryl methyl sites for hydroxylation is 1. The molecule has 0 bridgehead atoms. The monoisotopic (exact) mass is 909 g/mol. The molecule has 7 heteroatoms. The van der Waals surface area contributed by atoms with Gasteiger partial charge in [-0.2, -0.15) is 0 Å². The number of furan rings is 1. The Labute approximate surface area is 316 Å². The number of nitrogens with zero attached hydrogens (tertiary/aromatic N) is 4. The van der Waals surface area contributed by atoms with Crippen molar-refractivity contribution in [2.75, 3.05) is 0 Å². The van der Waals surface area contributed by atoms with Crippen LogP contribution in [0.2, 0.25) is 17.3 Å². The molecule has 0 N–H and O–H groups in total. The summed E-state index contributed by atoms with van der Waals surface area (Å²) in [7, 11) is 0. The van der Waals surface area contributed by atoms with Crippen LogP contribution >= 0.6 is 0 Å². The third kappa shape index (κ3) is 7.94. The molecular formula is C44H42GeIrN4O-2. The molecule has 0 aliphatic heterocycles. The third-order valence-electron chi connectivity index (χ3n) is 8.91. The third-order valence-corrected chi connectivity index (χ3v) is 13.2. The summed E-state index contributed by atoms with van der Waals surface area (Å²) >= 11 is -1.86. The molecule has 0 saturated carbocycles. The van der Waals surface area contributed by atoms with Crippen molar-refractivity contribution in [3.05, 3.63) is 144 Å². The van der Waals surface area contributed by atoms with Crippen molar-refractivity contribution in [2.24, 2.45) is 5.92 Å². The zero-order valence-electron chi connectivity index (χ0n) is 30.0. The number of para-hydroxylation sites is 2. The minimum Gasteiger partial charge on any atom is -0.486 e. The van der Waals surface area contributed by atoms with Gasteiger partial charge in [0.2, 0.25) is 5.71 Å². The van der Waals surface area contributed by atoms with Gasteiger partial charge >= 0.3 is 126 Å². The van der Waals surface area contributed by atoms with Gasteiger partial charge in [-0.25, -0.2) is 4.98 Å². The smallest absolute Gasteiger partial charge is 0.216 e. The Morgan fingerprint density at radius 3 is 2.31 bits per heavy atom. The van der Waals surface area contributed by atoms with Crippen LogP contribution in [0.4, 0.5) is 0 Å². The van der Waals surface area contributed by atoms with Gasteiger partial charge in [0.25, 0.3) is 0 Å². The molecule has 0 aliphatic rings. The van der Waals surface area contributed by atoms with Crippen LogP contribution in [0.3, 0.4) is 0 Å². The molecule has 4 aromatic carbocycles. The van der Waals surface area contributed by atoms with Gasteiger partial charge < -0.3 is 8.98 Å². The molecule has 5 nitrogen and oxygen atoms in total. The molecule has 0 amide bonds. The zero-order chi connectivity index (χ0) is 34.8. The number of hydrogen-bond donors (Lipinski definition) is 0. The first-order chi connectivity index (χ1) is 24.2. The number of benzene rings is 4. The summed E-state index contributed by atoms with van der Waals surface area (Å²) in [6, 6.07) is 43.7. The molecule has 0 atom stereocenters. The first kappa shape index (κ1) is 36.4. The van der Waals surface area contributed by atoms with Crippen LogP contribution in [0, 0.1) is 25.0 Å².